The zero-order valence-corrected chi connectivity index (χ0v) is 14.9. The van der Waals surface area contributed by atoms with Gasteiger partial charge >= 0.3 is 0 Å². The lowest BCUT2D eigenvalue weighted by atomic mass is 9.78. The summed E-state index contributed by atoms with van der Waals surface area (Å²) in [7, 11) is 0. The molecule has 4 heteroatoms. The SMILES string of the molecule is Nc1c(C2CCCCC2)cc(Br)c2c1C(=O)c1ccccc1C2=O. The van der Waals surface area contributed by atoms with E-state index in [0.717, 1.165) is 18.4 Å². The molecule has 0 unspecified atom stereocenters. The molecular weight excluding hydrogens is 366 g/mol. The minimum atomic E-state index is -0.143. The average Bonchev–Trinajstić information content (AvgIpc) is 2.62. The smallest absolute Gasteiger partial charge is 0.196 e. The van der Waals surface area contributed by atoms with Crippen LogP contribution in [0, 0.1) is 0 Å². The van der Waals surface area contributed by atoms with E-state index in [0.29, 0.717) is 38.3 Å². The molecule has 24 heavy (non-hydrogen) atoms. The summed E-state index contributed by atoms with van der Waals surface area (Å²) in [6, 6.07) is 8.94. The fourth-order valence-corrected chi connectivity index (χ4v) is 4.67. The van der Waals surface area contributed by atoms with Crippen LogP contribution in [0.1, 0.15) is 75.4 Å². The van der Waals surface area contributed by atoms with Crippen molar-refractivity contribution in [2.24, 2.45) is 0 Å². The molecule has 1 fully saturated rings. The quantitative estimate of drug-likeness (QED) is 0.610. The molecule has 3 nitrogen and oxygen atoms in total. The normalized spacial score (nSPS) is 17.5. The van der Waals surface area contributed by atoms with Crippen molar-refractivity contribution in [3.63, 3.8) is 0 Å². The number of fused-ring (bicyclic) bond motifs is 2. The molecule has 2 aliphatic carbocycles. The van der Waals surface area contributed by atoms with E-state index in [1.54, 1.807) is 24.3 Å². The third-order valence-electron chi connectivity index (χ3n) is 5.27. The summed E-state index contributed by atoms with van der Waals surface area (Å²) < 4.78 is 0.681. The predicted octanol–water partition coefficient (Wildman–Crippen LogP) is 4.85. The minimum absolute atomic E-state index is 0.131. The number of anilines is 1. The zero-order valence-electron chi connectivity index (χ0n) is 13.3. The van der Waals surface area contributed by atoms with E-state index in [1.807, 2.05) is 6.07 Å². The van der Waals surface area contributed by atoms with Gasteiger partial charge in [-0.15, -0.1) is 0 Å². The summed E-state index contributed by atoms with van der Waals surface area (Å²) in [6.45, 7) is 0. The topological polar surface area (TPSA) is 60.2 Å². The first-order chi connectivity index (χ1) is 11.6. The molecule has 0 aromatic heterocycles. The van der Waals surface area contributed by atoms with Crippen LogP contribution in [0.5, 0.6) is 0 Å². The molecular formula is C20H18BrNO2. The highest BCUT2D eigenvalue weighted by atomic mass is 79.9. The van der Waals surface area contributed by atoms with Gasteiger partial charge in [-0.2, -0.15) is 0 Å². The van der Waals surface area contributed by atoms with Gasteiger partial charge < -0.3 is 5.73 Å². The molecule has 0 saturated heterocycles. The van der Waals surface area contributed by atoms with Crippen molar-refractivity contribution < 1.29 is 9.59 Å². The lowest BCUT2D eigenvalue weighted by molar-refractivity contribution is 0.0979. The van der Waals surface area contributed by atoms with Gasteiger partial charge in [-0.1, -0.05) is 43.5 Å². The van der Waals surface area contributed by atoms with E-state index in [9.17, 15) is 9.59 Å². The van der Waals surface area contributed by atoms with Crippen LogP contribution in [0.15, 0.2) is 34.8 Å². The van der Waals surface area contributed by atoms with Crippen LogP contribution in [-0.2, 0) is 0 Å². The molecule has 1 saturated carbocycles. The highest BCUT2D eigenvalue weighted by molar-refractivity contribution is 9.10. The van der Waals surface area contributed by atoms with Crippen molar-refractivity contribution in [3.05, 3.63) is 62.6 Å². The number of benzene rings is 2. The van der Waals surface area contributed by atoms with Crippen LogP contribution >= 0.6 is 15.9 Å². The molecule has 0 atom stereocenters. The fraction of sp³-hybridized carbons (Fsp3) is 0.300. The number of carbonyl (C=O) groups is 2. The Bertz CT molecular complexity index is 866. The molecule has 2 aliphatic rings. The number of carbonyl (C=O) groups excluding carboxylic acids is 2. The van der Waals surface area contributed by atoms with Crippen molar-refractivity contribution in [1.29, 1.82) is 0 Å². The van der Waals surface area contributed by atoms with Gasteiger partial charge in [0.05, 0.1) is 11.1 Å². The van der Waals surface area contributed by atoms with Crippen LogP contribution in [0.3, 0.4) is 0 Å². The molecule has 0 aliphatic heterocycles. The Hall–Kier alpha value is -1.94. The summed E-state index contributed by atoms with van der Waals surface area (Å²) in [4.78, 5) is 25.9. The summed E-state index contributed by atoms with van der Waals surface area (Å²) >= 11 is 3.52. The molecule has 2 aromatic carbocycles. The highest BCUT2D eigenvalue weighted by Gasteiger charge is 2.35. The van der Waals surface area contributed by atoms with Crippen LogP contribution < -0.4 is 5.73 Å². The Labute approximate surface area is 149 Å². The van der Waals surface area contributed by atoms with Gasteiger partial charge in [0.15, 0.2) is 11.6 Å². The van der Waals surface area contributed by atoms with E-state index >= 15 is 0 Å². The predicted molar refractivity (Wildman–Crippen MR) is 97.7 cm³/mol. The molecule has 0 bridgehead atoms. The maximum atomic E-state index is 13.0. The number of halogens is 1. The maximum absolute atomic E-state index is 13.0. The number of hydrogen-bond acceptors (Lipinski definition) is 3. The summed E-state index contributed by atoms with van der Waals surface area (Å²) in [5, 5.41) is 0. The number of nitrogens with two attached hydrogens (primary N) is 1. The first kappa shape index (κ1) is 15.6. The van der Waals surface area contributed by atoms with E-state index in [4.69, 9.17) is 5.73 Å². The van der Waals surface area contributed by atoms with Gasteiger partial charge in [0.1, 0.15) is 0 Å². The molecule has 0 heterocycles. The first-order valence-corrected chi connectivity index (χ1v) is 9.19. The van der Waals surface area contributed by atoms with Crippen molar-refractivity contribution >= 4 is 33.2 Å². The van der Waals surface area contributed by atoms with Crippen LogP contribution in [0.2, 0.25) is 0 Å². The van der Waals surface area contributed by atoms with Crippen molar-refractivity contribution in [2.75, 3.05) is 5.73 Å². The van der Waals surface area contributed by atoms with Gasteiger partial charge in [-0.05, 0) is 46.3 Å². The monoisotopic (exact) mass is 383 g/mol. The summed E-state index contributed by atoms with van der Waals surface area (Å²) in [5.74, 6) is 0.102. The number of hydrogen-bond donors (Lipinski definition) is 1. The maximum Gasteiger partial charge on any atom is 0.196 e. The average molecular weight is 384 g/mol. The van der Waals surface area contributed by atoms with E-state index in [1.165, 1.54) is 19.3 Å². The molecule has 2 aromatic rings. The summed E-state index contributed by atoms with van der Waals surface area (Å²) in [6.07, 6.45) is 5.82. The molecule has 2 N–H and O–H groups in total. The molecule has 0 spiro atoms. The Morgan fingerprint density at radius 2 is 1.50 bits per heavy atom. The fourth-order valence-electron chi connectivity index (χ4n) is 4.04. The van der Waals surface area contributed by atoms with Gasteiger partial charge in [0.25, 0.3) is 0 Å². The standard InChI is InChI=1S/C20H18BrNO2/c21-15-10-14(11-6-2-1-3-7-11)18(22)17-16(15)19(23)12-8-4-5-9-13(12)20(17)24/h4-5,8-11H,1-3,6-7,22H2. The Kier molecular flexibility index (Phi) is 3.80. The van der Waals surface area contributed by atoms with Gasteiger partial charge in [0.2, 0.25) is 0 Å². The second kappa shape index (κ2) is 5.85. The number of ketones is 2. The van der Waals surface area contributed by atoms with Gasteiger partial charge in [-0.25, -0.2) is 0 Å². The van der Waals surface area contributed by atoms with E-state index in [-0.39, 0.29) is 11.6 Å². The molecule has 4 rings (SSSR count). The van der Waals surface area contributed by atoms with E-state index in [2.05, 4.69) is 15.9 Å². The molecule has 122 valence electrons. The molecule has 0 radical (unpaired) electrons. The van der Waals surface area contributed by atoms with Crippen LogP contribution in [0.25, 0.3) is 0 Å². The van der Waals surface area contributed by atoms with Gasteiger partial charge in [0, 0.05) is 21.3 Å². The van der Waals surface area contributed by atoms with Gasteiger partial charge in [-0.3, -0.25) is 9.59 Å². The second-order valence-corrected chi connectivity index (χ2v) is 7.50. The largest absolute Gasteiger partial charge is 0.398 e. The minimum Gasteiger partial charge on any atom is -0.398 e. The Balaban J connectivity index is 1.93. The highest BCUT2D eigenvalue weighted by Crippen LogP contribution is 2.43. The summed E-state index contributed by atoms with van der Waals surface area (Å²) in [5.41, 5.74) is 9.64. The third-order valence-corrected chi connectivity index (χ3v) is 5.89. The van der Waals surface area contributed by atoms with Crippen molar-refractivity contribution in [2.45, 2.75) is 38.0 Å². The van der Waals surface area contributed by atoms with Crippen LogP contribution in [0.4, 0.5) is 5.69 Å². The number of nitrogen functional groups attached to an aromatic ring is 1. The number of rotatable bonds is 1. The van der Waals surface area contributed by atoms with E-state index < -0.39 is 0 Å². The second-order valence-electron chi connectivity index (χ2n) is 6.65. The first-order valence-electron chi connectivity index (χ1n) is 8.40. The Morgan fingerprint density at radius 3 is 2.12 bits per heavy atom. The van der Waals surface area contributed by atoms with Crippen molar-refractivity contribution in [1.82, 2.24) is 0 Å². The lowest BCUT2D eigenvalue weighted by Gasteiger charge is -2.27. The van der Waals surface area contributed by atoms with Crippen molar-refractivity contribution in [3.8, 4) is 0 Å². The Morgan fingerprint density at radius 1 is 0.917 bits per heavy atom. The van der Waals surface area contributed by atoms with Crippen LogP contribution in [-0.4, -0.2) is 11.6 Å². The molecule has 0 amide bonds. The zero-order chi connectivity index (χ0) is 16.8. The lowest BCUT2D eigenvalue weighted by Crippen LogP contribution is -2.24. The third kappa shape index (κ3) is 2.24.